The molecule has 0 unspecified atom stereocenters. The lowest BCUT2D eigenvalue weighted by Gasteiger charge is -2.21. The molecule has 0 N–H and O–H groups in total. The monoisotopic (exact) mass is 158 g/mol. The molecular formula is C8H17NP+. The minimum absolute atomic E-state index is 0.553. The fourth-order valence-electron chi connectivity index (χ4n) is 0.827. The van der Waals surface area contributed by atoms with Gasteiger partial charge >= 0.3 is 0 Å². The molecule has 0 amide bonds. The molecule has 0 aliphatic rings. The van der Waals surface area contributed by atoms with Gasteiger partial charge in [0, 0.05) is 0 Å². The fraction of sp³-hybridized carbons (Fsp3) is 0.875. The van der Waals surface area contributed by atoms with Crippen molar-refractivity contribution in [3.8, 4) is 5.81 Å². The summed E-state index contributed by atoms with van der Waals surface area (Å²) in [6.45, 7) is 10.7. The average Bonchev–Trinajstić information content (AvgIpc) is 1.85. The minimum atomic E-state index is -1.29. The minimum Gasteiger partial charge on any atom is -0.152 e. The van der Waals surface area contributed by atoms with Crippen molar-refractivity contribution < 1.29 is 0 Å². The SMILES string of the molecule is CC(C)[P+](C)(C#N)C(C)C. The molecule has 0 radical (unpaired) electrons. The summed E-state index contributed by atoms with van der Waals surface area (Å²) in [5, 5.41) is 8.93. The Labute approximate surface area is 64.8 Å². The van der Waals surface area contributed by atoms with Gasteiger partial charge in [0.2, 0.25) is 5.81 Å². The van der Waals surface area contributed by atoms with Gasteiger partial charge in [-0.05, 0) is 27.7 Å². The Kier molecular flexibility index (Phi) is 3.33. The third kappa shape index (κ3) is 1.70. The second-order valence-electron chi connectivity index (χ2n) is 3.43. The van der Waals surface area contributed by atoms with E-state index in [1.807, 2.05) is 0 Å². The van der Waals surface area contributed by atoms with E-state index in [0.717, 1.165) is 0 Å². The topological polar surface area (TPSA) is 23.8 Å². The summed E-state index contributed by atoms with van der Waals surface area (Å²) in [6, 6.07) is 0. The summed E-state index contributed by atoms with van der Waals surface area (Å²) < 4.78 is 0. The highest BCUT2D eigenvalue weighted by Crippen LogP contribution is 2.62. The van der Waals surface area contributed by atoms with E-state index in [9.17, 15) is 0 Å². The van der Waals surface area contributed by atoms with Crippen molar-refractivity contribution in [2.24, 2.45) is 0 Å². The van der Waals surface area contributed by atoms with Gasteiger partial charge in [0.15, 0.2) is 0 Å². The molecule has 0 aromatic carbocycles. The number of rotatable bonds is 2. The van der Waals surface area contributed by atoms with Gasteiger partial charge in [-0.3, -0.25) is 0 Å². The molecule has 0 atom stereocenters. The lowest BCUT2D eigenvalue weighted by atomic mass is 10.5. The molecule has 0 heterocycles. The molecule has 0 spiro atoms. The van der Waals surface area contributed by atoms with Crippen molar-refractivity contribution in [3.63, 3.8) is 0 Å². The Bertz CT molecular complexity index is 136. The third-order valence-electron chi connectivity index (χ3n) is 2.36. The summed E-state index contributed by atoms with van der Waals surface area (Å²) in [4.78, 5) is 0. The first kappa shape index (κ1) is 9.92. The Morgan fingerprint density at radius 3 is 1.40 bits per heavy atom. The van der Waals surface area contributed by atoms with Crippen LogP contribution in [0.4, 0.5) is 0 Å². The zero-order valence-electron chi connectivity index (χ0n) is 7.55. The van der Waals surface area contributed by atoms with Gasteiger partial charge in [-0.1, -0.05) is 0 Å². The number of hydrogen-bond donors (Lipinski definition) is 0. The molecule has 58 valence electrons. The number of nitrogens with zero attached hydrogens (tertiary/aromatic N) is 1. The van der Waals surface area contributed by atoms with Gasteiger partial charge in [0.05, 0.1) is 18.0 Å². The Morgan fingerprint density at radius 1 is 1.10 bits per heavy atom. The average molecular weight is 158 g/mol. The molecule has 2 heteroatoms. The third-order valence-corrected chi connectivity index (χ3v) is 7.08. The van der Waals surface area contributed by atoms with Crippen LogP contribution in [0, 0.1) is 11.1 Å². The van der Waals surface area contributed by atoms with Crippen LogP contribution in [0.3, 0.4) is 0 Å². The van der Waals surface area contributed by atoms with Crippen LogP contribution in [0.1, 0.15) is 27.7 Å². The zero-order chi connectivity index (χ0) is 8.36. The molecule has 0 aliphatic carbocycles. The largest absolute Gasteiger partial charge is 0.238 e. The van der Waals surface area contributed by atoms with Gasteiger partial charge in [0.25, 0.3) is 0 Å². The molecular weight excluding hydrogens is 141 g/mol. The van der Waals surface area contributed by atoms with E-state index in [1.54, 1.807) is 0 Å². The highest BCUT2D eigenvalue weighted by molar-refractivity contribution is 7.80. The van der Waals surface area contributed by atoms with Crippen molar-refractivity contribution in [3.05, 3.63) is 0 Å². The summed E-state index contributed by atoms with van der Waals surface area (Å²) in [5.41, 5.74) is 1.11. The van der Waals surface area contributed by atoms with Crippen LogP contribution in [0.25, 0.3) is 0 Å². The quantitative estimate of drug-likeness (QED) is 0.567. The van der Waals surface area contributed by atoms with E-state index in [0.29, 0.717) is 11.3 Å². The van der Waals surface area contributed by atoms with Crippen LogP contribution in [0.2, 0.25) is 0 Å². The first-order valence-electron chi connectivity index (χ1n) is 3.72. The molecule has 0 rings (SSSR count). The van der Waals surface area contributed by atoms with Crippen LogP contribution in [-0.2, 0) is 0 Å². The van der Waals surface area contributed by atoms with E-state index in [1.165, 1.54) is 0 Å². The predicted octanol–water partition coefficient (Wildman–Crippen LogP) is 2.93. The van der Waals surface area contributed by atoms with Crippen LogP contribution in [0.15, 0.2) is 0 Å². The molecule has 0 aromatic rings. The summed E-state index contributed by atoms with van der Waals surface area (Å²) >= 11 is 0. The van der Waals surface area contributed by atoms with Crippen molar-refractivity contribution in [2.75, 3.05) is 6.66 Å². The summed E-state index contributed by atoms with van der Waals surface area (Å²) in [5.74, 6) is 2.49. The number of hydrogen-bond acceptors (Lipinski definition) is 1. The van der Waals surface area contributed by atoms with Gasteiger partial charge in [0.1, 0.15) is 7.26 Å². The lowest BCUT2D eigenvalue weighted by molar-refractivity contribution is 0.999. The normalized spacial score (nSPS) is 12.2. The Balaban J connectivity index is 4.43. The molecule has 0 aromatic heterocycles. The summed E-state index contributed by atoms with van der Waals surface area (Å²) in [6.07, 6.45) is 0. The molecule has 0 bridgehead atoms. The first-order valence-corrected chi connectivity index (χ1v) is 6.09. The summed E-state index contributed by atoms with van der Waals surface area (Å²) in [7, 11) is -1.29. The zero-order valence-corrected chi connectivity index (χ0v) is 8.44. The Hall–Kier alpha value is -0.0800. The standard InChI is InChI=1S/C8H17NP/c1-7(2)10(5,6-9)8(3)4/h7-8H,1-5H3/q+1. The lowest BCUT2D eigenvalue weighted by Crippen LogP contribution is -2.12. The molecule has 10 heavy (non-hydrogen) atoms. The maximum Gasteiger partial charge on any atom is 0.238 e. The van der Waals surface area contributed by atoms with Gasteiger partial charge in [-0.15, -0.1) is 0 Å². The van der Waals surface area contributed by atoms with E-state index < -0.39 is 7.26 Å². The second-order valence-corrected chi connectivity index (χ2v) is 7.99. The van der Waals surface area contributed by atoms with E-state index in [2.05, 4.69) is 40.2 Å². The molecule has 0 saturated carbocycles. The molecule has 0 saturated heterocycles. The van der Waals surface area contributed by atoms with E-state index in [4.69, 9.17) is 5.26 Å². The molecule has 0 aliphatic heterocycles. The first-order chi connectivity index (χ1) is 4.45. The predicted molar refractivity (Wildman–Crippen MR) is 48.7 cm³/mol. The highest BCUT2D eigenvalue weighted by atomic mass is 31.2. The van der Waals surface area contributed by atoms with Gasteiger partial charge < -0.3 is 0 Å². The highest BCUT2D eigenvalue weighted by Gasteiger charge is 2.40. The Morgan fingerprint density at radius 2 is 1.40 bits per heavy atom. The van der Waals surface area contributed by atoms with Crippen LogP contribution in [0.5, 0.6) is 0 Å². The fourth-order valence-corrected chi connectivity index (χ4v) is 2.48. The van der Waals surface area contributed by atoms with E-state index >= 15 is 0 Å². The van der Waals surface area contributed by atoms with Crippen LogP contribution in [-0.4, -0.2) is 18.0 Å². The van der Waals surface area contributed by atoms with Crippen LogP contribution < -0.4 is 0 Å². The maximum absolute atomic E-state index is 8.93. The van der Waals surface area contributed by atoms with E-state index in [-0.39, 0.29) is 0 Å². The van der Waals surface area contributed by atoms with Crippen molar-refractivity contribution in [1.29, 1.82) is 5.26 Å². The van der Waals surface area contributed by atoms with Crippen molar-refractivity contribution in [2.45, 2.75) is 39.0 Å². The van der Waals surface area contributed by atoms with Gasteiger partial charge in [-0.25, -0.2) is 0 Å². The number of nitriles is 1. The smallest absolute Gasteiger partial charge is 0.152 e. The molecule has 0 fully saturated rings. The van der Waals surface area contributed by atoms with Gasteiger partial charge in [-0.2, -0.15) is 5.26 Å². The van der Waals surface area contributed by atoms with Crippen molar-refractivity contribution >= 4 is 7.26 Å². The second kappa shape index (κ2) is 3.35. The molecule has 1 nitrogen and oxygen atoms in total. The van der Waals surface area contributed by atoms with Crippen LogP contribution >= 0.6 is 7.26 Å². The van der Waals surface area contributed by atoms with Crippen molar-refractivity contribution in [1.82, 2.24) is 0 Å². The maximum atomic E-state index is 8.93.